The molecule has 0 saturated carbocycles. The third kappa shape index (κ3) is 2.61. The van der Waals surface area contributed by atoms with Crippen molar-refractivity contribution in [3.05, 3.63) is 0 Å². The Kier molecular flexibility index (Phi) is 4.81. The molecule has 15 heavy (non-hydrogen) atoms. The predicted molar refractivity (Wildman–Crippen MR) is 58.0 cm³/mol. The Hall–Kier alpha value is -0.340. The Morgan fingerprint density at radius 2 is 1.53 bits per heavy atom. The molecule has 0 radical (unpaired) electrons. The van der Waals surface area contributed by atoms with E-state index in [0.29, 0.717) is 13.2 Å². The highest BCUT2D eigenvalue weighted by molar-refractivity contribution is 5.85. The van der Waals surface area contributed by atoms with Crippen LogP contribution in [0, 0.1) is 11.3 Å². The molecule has 2 heterocycles. The zero-order valence-corrected chi connectivity index (χ0v) is 9.59. The van der Waals surface area contributed by atoms with E-state index in [2.05, 4.69) is 11.0 Å². The number of hydrogen-bond acceptors (Lipinski definition) is 4. The van der Waals surface area contributed by atoms with Crippen LogP contribution in [-0.2, 0) is 9.47 Å². The summed E-state index contributed by atoms with van der Waals surface area (Å²) in [5, 5.41) is 9.31. The molecule has 5 heteroatoms. The molecule has 2 aliphatic heterocycles. The van der Waals surface area contributed by atoms with E-state index in [1.54, 1.807) is 0 Å². The van der Waals surface area contributed by atoms with Crippen LogP contribution in [0.2, 0.25) is 0 Å². The summed E-state index contributed by atoms with van der Waals surface area (Å²) < 4.78 is 10.6. The molecular formula is C10H17ClN2O2. The normalized spacial score (nSPS) is 26.3. The lowest BCUT2D eigenvalue weighted by Gasteiger charge is -2.42. The lowest BCUT2D eigenvalue weighted by atomic mass is 9.89. The van der Waals surface area contributed by atoms with Gasteiger partial charge in [0.05, 0.1) is 19.3 Å². The highest BCUT2D eigenvalue weighted by atomic mass is 35.5. The van der Waals surface area contributed by atoms with Crippen molar-refractivity contribution < 1.29 is 9.47 Å². The standard InChI is InChI=1S/C10H16N2O2.ClH/c11-9-10(1-5-13-6-2-10)12-3-7-14-8-4-12;/h1-8H2;1H. The monoisotopic (exact) mass is 232 g/mol. The second-order valence-corrected chi connectivity index (χ2v) is 3.86. The van der Waals surface area contributed by atoms with Crippen LogP contribution in [0.4, 0.5) is 0 Å². The van der Waals surface area contributed by atoms with Crippen molar-refractivity contribution in [1.29, 1.82) is 5.26 Å². The van der Waals surface area contributed by atoms with E-state index in [1.807, 2.05) is 0 Å². The van der Waals surface area contributed by atoms with Crippen molar-refractivity contribution in [3.8, 4) is 6.07 Å². The Morgan fingerprint density at radius 3 is 2.07 bits per heavy atom. The van der Waals surface area contributed by atoms with Crippen LogP contribution >= 0.6 is 12.4 Å². The largest absolute Gasteiger partial charge is 0.381 e. The van der Waals surface area contributed by atoms with Crippen molar-refractivity contribution in [2.75, 3.05) is 39.5 Å². The van der Waals surface area contributed by atoms with Crippen LogP contribution in [0.25, 0.3) is 0 Å². The molecule has 2 fully saturated rings. The minimum absolute atomic E-state index is 0. The Balaban J connectivity index is 0.00000112. The summed E-state index contributed by atoms with van der Waals surface area (Å²) in [5.41, 5.74) is -0.276. The van der Waals surface area contributed by atoms with Gasteiger partial charge in [0.15, 0.2) is 0 Å². The zero-order valence-electron chi connectivity index (χ0n) is 8.78. The SMILES string of the molecule is Cl.N#CC1(N2CCOCC2)CCOCC1. The van der Waals surface area contributed by atoms with Gasteiger partial charge in [-0.05, 0) is 0 Å². The molecule has 2 aliphatic rings. The summed E-state index contributed by atoms with van der Waals surface area (Å²) in [7, 11) is 0. The molecule has 0 spiro atoms. The highest BCUT2D eigenvalue weighted by Crippen LogP contribution is 2.27. The second kappa shape index (κ2) is 5.66. The number of halogens is 1. The van der Waals surface area contributed by atoms with Crippen LogP contribution in [0.15, 0.2) is 0 Å². The number of hydrogen-bond donors (Lipinski definition) is 0. The van der Waals surface area contributed by atoms with E-state index in [4.69, 9.17) is 9.47 Å². The molecule has 0 aromatic carbocycles. The van der Waals surface area contributed by atoms with Gasteiger partial charge in [0.25, 0.3) is 0 Å². The minimum atomic E-state index is -0.276. The Bertz CT molecular complexity index is 230. The van der Waals surface area contributed by atoms with Crippen molar-refractivity contribution in [2.45, 2.75) is 18.4 Å². The van der Waals surface area contributed by atoms with Crippen LogP contribution in [0.1, 0.15) is 12.8 Å². The van der Waals surface area contributed by atoms with Gasteiger partial charge in [-0.15, -0.1) is 12.4 Å². The van der Waals surface area contributed by atoms with Crippen LogP contribution < -0.4 is 0 Å². The number of nitriles is 1. The van der Waals surface area contributed by atoms with Crippen molar-refractivity contribution in [3.63, 3.8) is 0 Å². The molecule has 0 aromatic rings. The molecular weight excluding hydrogens is 216 g/mol. The maximum absolute atomic E-state index is 9.31. The lowest BCUT2D eigenvalue weighted by molar-refractivity contribution is -0.0472. The predicted octanol–water partition coefficient (Wildman–Crippen LogP) is 0.813. The van der Waals surface area contributed by atoms with Crippen molar-refractivity contribution in [2.24, 2.45) is 0 Å². The first-order chi connectivity index (χ1) is 6.87. The summed E-state index contributed by atoms with van der Waals surface area (Å²) in [4.78, 5) is 2.26. The summed E-state index contributed by atoms with van der Waals surface area (Å²) in [6.45, 7) is 4.70. The number of rotatable bonds is 1. The minimum Gasteiger partial charge on any atom is -0.381 e. The van der Waals surface area contributed by atoms with Crippen molar-refractivity contribution >= 4 is 12.4 Å². The molecule has 0 N–H and O–H groups in total. The first-order valence-electron chi connectivity index (χ1n) is 5.19. The smallest absolute Gasteiger partial charge is 0.113 e. The maximum Gasteiger partial charge on any atom is 0.113 e. The van der Waals surface area contributed by atoms with Gasteiger partial charge >= 0.3 is 0 Å². The molecule has 0 aliphatic carbocycles. The molecule has 0 aromatic heterocycles. The summed E-state index contributed by atoms with van der Waals surface area (Å²) in [5.74, 6) is 0. The molecule has 86 valence electrons. The second-order valence-electron chi connectivity index (χ2n) is 3.86. The first kappa shape index (κ1) is 12.7. The van der Waals surface area contributed by atoms with E-state index in [-0.39, 0.29) is 17.9 Å². The van der Waals surface area contributed by atoms with Crippen LogP contribution in [-0.4, -0.2) is 50.0 Å². The summed E-state index contributed by atoms with van der Waals surface area (Å²) in [6, 6.07) is 2.48. The van der Waals surface area contributed by atoms with Gasteiger partial charge < -0.3 is 9.47 Å². The quantitative estimate of drug-likeness (QED) is 0.672. The molecule has 0 amide bonds. The number of nitrogens with zero attached hydrogens (tertiary/aromatic N) is 2. The maximum atomic E-state index is 9.31. The molecule has 0 atom stereocenters. The summed E-state index contributed by atoms with van der Waals surface area (Å²) >= 11 is 0. The summed E-state index contributed by atoms with van der Waals surface area (Å²) in [6.07, 6.45) is 1.67. The fourth-order valence-corrected chi connectivity index (χ4v) is 2.20. The molecule has 0 unspecified atom stereocenters. The Morgan fingerprint density at radius 1 is 1.00 bits per heavy atom. The van der Waals surface area contributed by atoms with Gasteiger partial charge in [0.1, 0.15) is 5.54 Å². The van der Waals surface area contributed by atoms with Crippen LogP contribution in [0.3, 0.4) is 0 Å². The number of morpholine rings is 1. The fraction of sp³-hybridized carbons (Fsp3) is 0.900. The van der Waals surface area contributed by atoms with E-state index in [1.165, 1.54) is 0 Å². The van der Waals surface area contributed by atoms with E-state index in [9.17, 15) is 5.26 Å². The lowest BCUT2D eigenvalue weighted by Crippen LogP contribution is -2.55. The average Bonchev–Trinajstić information content (AvgIpc) is 2.31. The fourth-order valence-electron chi connectivity index (χ4n) is 2.20. The first-order valence-corrected chi connectivity index (χ1v) is 5.19. The van der Waals surface area contributed by atoms with Gasteiger partial charge in [0.2, 0.25) is 0 Å². The van der Waals surface area contributed by atoms with Gasteiger partial charge in [0, 0.05) is 39.1 Å². The topological polar surface area (TPSA) is 45.5 Å². The Labute approximate surface area is 96.5 Å². The van der Waals surface area contributed by atoms with Gasteiger partial charge in [-0.25, -0.2) is 0 Å². The van der Waals surface area contributed by atoms with Gasteiger partial charge in [-0.2, -0.15) is 5.26 Å². The molecule has 0 bridgehead atoms. The third-order valence-corrected chi connectivity index (χ3v) is 3.14. The zero-order chi connectivity index (χ0) is 9.86. The van der Waals surface area contributed by atoms with E-state index >= 15 is 0 Å². The molecule has 2 saturated heterocycles. The van der Waals surface area contributed by atoms with Crippen LogP contribution in [0.5, 0.6) is 0 Å². The third-order valence-electron chi connectivity index (χ3n) is 3.14. The van der Waals surface area contributed by atoms with Gasteiger partial charge in [-0.1, -0.05) is 0 Å². The van der Waals surface area contributed by atoms with E-state index < -0.39 is 0 Å². The van der Waals surface area contributed by atoms with E-state index in [0.717, 1.165) is 39.1 Å². The molecule has 2 rings (SSSR count). The number of ether oxygens (including phenoxy) is 2. The van der Waals surface area contributed by atoms with Gasteiger partial charge in [-0.3, -0.25) is 4.90 Å². The average molecular weight is 233 g/mol. The van der Waals surface area contributed by atoms with Crippen molar-refractivity contribution in [1.82, 2.24) is 4.90 Å². The molecule has 4 nitrogen and oxygen atoms in total. The highest BCUT2D eigenvalue weighted by Gasteiger charge is 2.39.